The Morgan fingerprint density at radius 2 is 1.21 bits per heavy atom. The van der Waals surface area contributed by atoms with Crippen LogP contribution in [-0.4, -0.2) is 11.9 Å². The molecule has 3 aromatic carbocycles. The highest BCUT2D eigenvalue weighted by molar-refractivity contribution is 7.91. The van der Waals surface area contributed by atoms with E-state index in [1.54, 1.807) is 48.5 Å². The van der Waals surface area contributed by atoms with Gasteiger partial charge in [0.05, 0.1) is 0 Å². The van der Waals surface area contributed by atoms with Gasteiger partial charge in [0.25, 0.3) is 0 Å². The van der Waals surface area contributed by atoms with Gasteiger partial charge in [-0.1, -0.05) is 78.4 Å². The molecular formula is C23H24NO3P. The van der Waals surface area contributed by atoms with Crippen LogP contribution in [0.2, 0.25) is 0 Å². The smallest absolute Gasteiger partial charge is 0.249 e. The first kappa shape index (κ1) is 21.3. The second-order valence-electron chi connectivity index (χ2n) is 6.57. The third-order valence-corrected chi connectivity index (χ3v) is 6.78. The van der Waals surface area contributed by atoms with Gasteiger partial charge in [-0.25, -0.2) is 0 Å². The Morgan fingerprint density at radius 3 is 1.54 bits per heavy atom. The van der Waals surface area contributed by atoms with E-state index in [1.807, 2.05) is 45.0 Å². The Balaban J connectivity index is 0.000000209. The SMILES string of the molecule is Cc1cc(C)c(C(N)=O)c(C)c1.O=CP(=O)(c1ccccc1)c1ccccc1. The van der Waals surface area contributed by atoms with Gasteiger partial charge >= 0.3 is 0 Å². The fraction of sp³-hybridized carbons (Fsp3) is 0.130. The van der Waals surface area contributed by atoms with Crippen molar-refractivity contribution in [3.63, 3.8) is 0 Å². The van der Waals surface area contributed by atoms with Crippen LogP contribution in [0.4, 0.5) is 0 Å². The number of hydrogen-bond acceptors (Lipinski definition) is 3. The molecule has 0 aliphatic rings. The lowest BCUT2D eigenvalue weighted by Gasteiger charge is -2.11. The third-order valence-electron chi connectivity index (χ3n) is 4.35. The normalized spacial score (nSPS) is 10.5. The summed E-state index contributed by atoms with van der Waals surface area (Å²) in [6, 6.07) is 22.2. The number of aryl methyl sites for hydroxylation is 3. The van der Waals surface area contributed by atoms with Gasteiger partial charge in [-0.3, -0.25) is 9.59 Å². The van der Waals surface area contributed by atoms with Crippen LogP contribution in [0.3, 0.4) is 0 Å². The second kappa shape index (κ2) is 9.29. The number of carbonyl (C=O) groups is 2. The van der Waals surface area contributed by atoms with Gasteiger partial charge in [0.15, 0.2) is 6.03 Å². The summed E-state index contributed by atoms with van der Waals surface area (Å²) < 4.78 is 12.6. The molecule has 3 rings (SSSR count). The van der Waals surface area contributed by atoms with Crippen molar-refractivity contribution in [3.05, 3.63) is 95.1 Å². The van der Waals surface area contributed by atoms with Crippen molar-refractivity contribution in [2.24, 2.45) is 5.73 Å². The molecule has 0 spiro atoms. The number of amides is 1. The maximum absolute atomic E-state index is 12.6. The summed E-state index contributed by atoms with van der Waals surface area (Å²) in [5.74, 6) is -0.343. The maximum atomic E-state index is 12.6. The predicted octanol–water partition coefficient (Wildman–Crippen LogP) is 3.90. The predicted molar refractivity (Wildman–Crippen MR) is 116 cm³/mol. The topological polar surface area (TPSA) is 77.2 Å². The fourth-order valence-corrected chi connectivity index (χ4v) is 4.91. The lowest BCUT2D eigenvalue weighted by Crippen LogP contribution is -2.16. The molecule has 0 unspecified atom stereocenters. The van der Waals surface area contributed by atoms with Crippen LogP contribution in [0.5, 0.6) is 0 Å². The van der Waals surface area contributed by atoms with Crippen molar-refractivity contribution < 1.29 is 14.2 Å². The van der Waals surface area contributed by atoms with E-state index in [1.165, 1.54) is 0 Å². The van der Waals surface area contributed by atoms with Crippen LogP contribution in [0.15, 0.2) is 72.8 Å². The number of nitrogens with two attached hydrogens (primary N) is 1. The average molecular weight is 393 g/mol. The van der Waals surface area contributed by atoms with Crippen molar-refractivity contribution >= 4 is 29.7 Å². The number of primary amides is 1. The van der Waals surface area contributed by atoms with Gasteiger partial charge in [0.1, 0.15) is 0 Å². The largest absolute Gasteiger partial charge is 0.366 e. The molecule has 0 saturated heterocycles. The van der Waals surface area contributed by atoms with Crippen LogP contribution >= 0.6 is 7.14 Å². The third kappa shape index (κ3) is 4.85. The van der Waals surface area contributed by atoms with E-state index in [0.29, 0.717) is 22.2 Å². The summed E-state index contributed by atoms with van der Waals surface area (Å²) in [5.41, 5.74) is 8.96. The molecule has 5 heteroatoms. The van der Waals surface area contributed by atoms with Crippen LogP contribution < -0.4 is 16.3 Å². The number of rotatable bonds is 4. The molecule has 0 aromatic heterocycles. The van der Waals surface area contributed by atoms with Crippen molar-refractivity contribution in [2.75, 3.05) is 0 Å². The molecule has 0 aliphatic carbocycles. The van der Waals surface area contributed by atoms with Crippen LogP contribution in [0, 0.1) is 20.8 Å². The molecule has 144 valence electrons. The van der Waals surface area contributed by atoms with E-state index in [4.69, 9.17) is 5.73 Å². The quantitative estimate of drug-likeness (QED) is 0.539. The molecule has 1 amide bonds. The van der Waals surface area contributed by atoms with Gasteiger partial charge in [0.2, 0.25) is 13.0 Å². The van der Waals surface area contributed by atoms with E-state index in [-0.39, 0.29) is 5.91 Å². The summed E-state index contributed by atoms with van der Waals surface area (Å²) in [6.07, 6.45) is 0. The minimum atomic E-state index is -3.09. The lowest BCUT2D eigenvalue weighted by atomic mass is 10.00. The molecule has 0 fully saturated rings. The Kier molecular flexibility index (Phi) is 7.08. The molecule has 3 aromatic rings. The molecule has 0 bridgehead atoms. The molecule has 4 nitrogen and oxygen atoms in total. The molecule has 0 atom stereocenters. The van der Waals surface area contributed by atoms with Gasteiger partial charge in [-0.05, 0) is 31.9 Å². The summed E-state index contributed by atoms with van der Waals surface area (Å²) >= 11 is 0. The number of hydrogen-bond donors (Lipinski definition) is 1. The molecular weight excluding hydrogens is 369 g/mol. The maximum Gasteiger partial charge on any atom is 0.249 e. The monoisotopic (exact) mass is 393 g/mol. The summed E-state index contributed by atoms with van der Waals surface area (Å²) in [4.78, 5) is 22.1. The molecule has 0 aliphatic heterocycles. The molecule has 28 heavy (non-hydrogen) atoms. The Bertz CT molecular complexity index is 948. The van der Waals surface area contributed by atoms with E-state index >= 15 is 0 Å². The molecule has 0 saturated carbocycles. The Hall–Kier alpha value is -2.97. The zero-order chi connectivity index (χ0) is 20.7. The molecule has 0 heterocycles. The first-order chi connectivity index (χ1) is 13.3. The first-order valence-corrected chi connectivity index (χ1v) is 10.6. The minimum absolute atomic E-state index is 0.343. The van der Waals surface area contributed by atoms with Gasteiger partial charge < -0.3 is 10.3 Å². The van der Waals surface area contributed by atoms with Crippen LogP contribution in [0.1, 0.15) is 27.0 Å². The fourth-order valence-electron chi connectivity index (χ4n) is 3.14. The van der Waals surface area contributed by atoms with Gasteiger partial charge in [-0.15, -0.1) is 0 Å². The van der Waals surface area contributed by atoms with Gasteiger partial charge in [0, 0.05) is 16.2 Å². The molecule has 2 N–H and O–H groups in total. The lowest BCUT2D eigenvalue weighted by molar-refractivity contribution is 0.0999. The van der Waals surface area contributed by atoms with E-state index in [9.17, 15) is 14.2 Å². The van der Waals surface area contributed by atoms with Crippen LogP contribution in [0.25, 0.3) is 0 Å². The number of benzene rings is 3. The highest BCUT2D eigenvalue weighted by Gasteiger charge is 2.25. The van der Waals surface area contributed by atoms with Crippen molar-refractivity contribution in [3.8, 4) is 0 Å². The summed E-state index contributed by atoms with van der Waals surface area (Å²) in [7, 11) is -3.09. The average Bonchev–Trinajstić information content (AvgIpc) is 2.68. The summed E-state index contributed by atoms with van der Waals surface area (Å²) in [6.45, 7) is 5.81. The Labute approximate surface area is 165 Å². The van der Waals surface area contributed by atoms with E-state index < -0.39 is 7.14 Å². The van der Waals surface area contributed by atoms with Crippen molar-refractivity contribution in [1.29, 1.82) is 0 Å². The second-order valence-corrected chi connectivity index (χ2v) is 9.13. The standard InChI is InChI=1S/C13H11O2P.C10H13NO/c14-11-16(15,12-7-3-1-4-8-12)13-9-5-2-6-10-13;1-6-4-7(2)9(10(11)12)8(3)5-6/h1-11H;4-5H,1-3H3,(H2,11,12). The molecule has 0 radical (unpaired) electrons. The summed E-state index contributed by atoms with van der Waals surface area (Å²) in [5, 5.41) is 1.16. The first-order valence-electron chi connectivity index (χ1n) is 8.84. The Morgan fingerprint density at radius 1 is 0.821 bits per heavy atom. The van der Waals surface area contributed by atoms with Crippen molar-refractivity contribution in [2.45, 2.75) is 20.8 Å². The van der Waals surface area contributed by atoms with Gasteiger partial charge in [-0.2, -0.15) is 0 Å². The zero-order valence-electron chi connectivity index (χ0n) is 16.3. The highest BCUT2D eigenvalue weighted by Crippen LogP contribution is 2.39. The van der Waals surface area contributed by atoms with E-state index in [0.717, 1.165) is 16.7 Å². The minimum Gasteiger partial charge on any atom is -0.366 e. The zero-order valence-corrected chi connectivity index (χ0v) is 17.1. The van der Waals surface area contributed by atoms with E-state index in [2.05, 4.69) is 0 Å². The van der Waals surface area contributed by atoms with Crippen LogP contribution in [-0.2, 0) is 9.36 Å². The highest BCUT2D eigenvalue weighted by atomic mass is 31.2. The number of carbonyl (C=O) groups excluding carboxylic acids is 2. The van der Waals surface area contributed by atoms with Crippen molar-refractivity contribution in [1.82, 2.24) is 0 Å².